The number of hydrogen-bond acceptors (Lipinski definition) is 3. The minimum Gasteiger partial charge on any atom is -0.444 e. The van der Waals surface area contributed by atoms with Gasteiger partial charge >= 0.3 is 6.09 Å². The van der Waals surface area contributed by atoms with Gasteiger partial charge in [-0.05, 0) is 70.8 Å². The molecule has 2 saturated heterocycles. The fraction of sp³-hybridized carbons (Fsp3) is 0.783. The highest BCUT2D eigenvalue weighted by Crippen LogP contribution is 2.35. The van der Waals surface area contributed by atoms with Crippen LogP contribution in [-0.2, 0) is 4.74 Å². The number of fused-ring (bicyclic) bond motifs is 1. The van der Waals surface area contributed by atoms with Crippen LogP contribution in [0, 0.1) is 17.8 Å². The molecule has 1 amide bonds. The monoisotopic (exact) mass is 376 g/mol. The van der Waals surface area contributed by atoms with Crippen molar-refractivity contribution in [3.63, 3.8) is 0 Å². The zero-order chi connectivity index (χ0) is 20.2. The predicted molar refractivity (Wildman–Crippen MR) is 113 cm³/mol. The number of ether oxygens (including phenoxy) is 1. The summed E-state index contributed by atoms with van der Waals surface area (Å²) in [4.78, 5) is 14.5. The zero-order valence-corrected chi connectivity index (χ0v) is 18.5. The molecule has 0 saturated carbocycles. The molecule has 154 valence electrons. The van der Waals surface area contributed by atoms with E-state index in [1.54, 1.807) is 0 Å². The summed E-state index contributed by atoms with van der Waals surface area (Å²) in [6, 6.07) is 0.426. The van der Waals surface area contributed by atoms with E-state index in [2.05, 4.69) is 45.2 Å². The molecule has 4 heteroatoms. The lowest BCUT2D eigenvalue weighted by atomic mass is 9.91. The molecule has 0 radical (unpaired) electrons. The number of carbonyl (C=O) groups is 1. The number of carbonyl (C=O) groups excluding carboxylic acids is 1. The molecule has 27 heavy (non-hydrogen) atoms. The number of nitrogens with zero attached hydrogens (tertiary/aromatic N) is 1. The van der Waals surface area contributed by atoms with Crippen LogP contribution < -0.4 is 5.32 Å². The van der Waals surface area contributed by atoms with Crippen molar-refractivity contribution < 1.29 is 9.53 Å². The molecule has 2 heterocycles. The third-order valence-electron chi connectivity index (χ3n) is 5.46. The summed E-state index contributed by atoms with van der Waals surface area (Å²) in [5.41, 5.74) is 2.21. The van der Waals surface area contributed by atoms with Gasteiger partial charge in [0.2, 0.25) is 0 Å². The number of hydrogen-bond donors (Lipinski definition) is 1. The molecule has 0 bridgehead atoms. The Morgan fingerprint density at radius 3 is 2.63 bits per heavy atom. The van der Waals surface area contributed by atoms with Gasteiger partial charge in [0.25, 0.3) is 0 Å². The lowest BCUT2D eigenvalue weighted by Crippen LogP contribution is -2.40. The van der Waals surface area contributed by atoms with Gasteiger partial charge in [-0.15, -0.1) is 0 Å². The summed E-state index contributed by atoms with van der Waals surface area (Å²) in [7, 11) is 0. The van der Waals surface area contributed by atoms with Crippen molar-refractivity contribution in [1.29, 1.82) is 0 Å². The Kier molecular flexibility index (Phi) is 7.41. The standard InChI is InChI=1S/C23H40N2O2/c1-8-18-19-15-25(22(26)27-23(5,6)7)13-9-10-20(19)24-21(18)12-11-17(4)14-16(2)3/h8,12,16-17,19-20,24H,9-11,13-15H2,1-7H3/b18-8?,21-12+/t17?,19-,20+/m0/s1. The Balaban J connectivity index is 2.08. The van der Waals surface area contributed by atoms with Crippen LogP contribution in [0.15, 0.2) is 23.4 Å². The molecule has 0 spiro atoms. The molecule has 0 aromatic rings. The largest absolute Gasteiger partial charge is 0.444 e. The maximum absolute atomic E-state index is 12.6. The number of likely N-dealkylation sites (tertiary alicyclic amines) is 1. The first-order chi connectivity index (χ1) is 12.6. The maximum atomic E-state index is 12.6. The molecule has 0 aliphatic carbocycles. The molecule has 2 aliphatic rings. The topological polar surface area (TPSA) is 41.6 Å². The summed E-state index contributed by atoms with van der Waals surface area (Å²) in [6.45, 7) is 16.3. The van der Waals surface area contributed by atoms with Gasteiger partial charge < -0.3 is 15.0 Å². The van der Waals surface area contributed by atoms with Gasteiger partial charge in [-0.1, -0.05) is 32.9 Å². The van der Waals surface area contributed by atoms with E-state index >= 15 is 0 Å². The molecule has 0 aromatic heterocycles. The molecule has 3 atom stereocenters. The number of amides is 1. The van der Waals surface area contributed by atoms with Crippen molar-refractivity contribution in [3.05, 3.63) is 23.4 Å². The van der Waals surface area contributed by atoms with Crippen LogP contribution in [0.25, 0.3) is 0 Å². The Morgan fingerprint density at radius 1 is 1.33 bits per heavy atom. The first-order valence-corrected chi connectivity index (χ1v) is 10.7. The Morgan fingerprint density at radius 2 is 2.04 bits per heavy atom. The van der Waals surface area contributed by atoms with Crippen LogP contribution in [0.3, 0.4) is 0 Å². The Labute approximate surface area is 166 Å². The normalized spacial score (nSPS) is 27.5. The van der Waals surface area contributed by atoms with Crippen LogP contribution in [0.1, 0.15) is 74.1 Å². The second-order valence-corrected chi connectivity index (χ2v) is 9.76. The van der Waals surface area contributed by atoms with Gasteiger partial charge in [-0.25, -0.2) is 4.79 Å². The van der Waals surface area contributed by atoms with Crippen molar-refractivity contribution in [2.24, 2.45) is 17.8 Å². The van der Waals surface area contributed by atoms with Crippen molar-refractivity contribution in [3.8, 4) is 0 Å². The summed E-state index contributed by atoms with van der Waals surface area (Å²) in [6.07, 6.45) is 8.91. The fourth-order valence-corrected chi connectivity index (χ4v) is 4.39. The molecule has 4 nitrogen and oxygen atoms in total. The van der Waals surface area contributed by atoms with E-state index in [1.807, 2.05) is 25.7 Å². The third-order valence-corrected chi connectivity index (χ3v) is 5.46. The van der Waals surface area contributed by atoms with Crippen LogP contribution in [0.2, 0.25) is 0 Å². The van der Waals surface area contributed by atoms with E-state index < -0.39 is 5.60 Å². The fourth-order valence-electron chi connectivity index (χ4n) is 4.39. The molecular weight excluding hydrogens is 336 g/mol. The molecule has 2 rings (SSSR count). The van der Waals surface area contributed by atoms with E-state index in [1.165, 1.54) is 17.7 Å². The van der Waals surface area contributed by atoms with Gasteiger partial charge in [0.1, 0.15) is 5.60 Å². The highest BCUT2D eigenvalue weighted by Gasteiger charge is 2.38. The molecule has 2 aliphatic heterocycles. The minimum atomic E-state index is -0.447. The van der Waals surface area contributed by atoms with Gasteiger partial charge in [-0.2, -0.15) is 0 Å². The molecular formula is C23H40N2O2. The Hall–Kier alpha value is -1.45. The summed E-state index contributed by atoms with van der Waals surface area (Å²) in [5.74, 6) is 1.79. The SMILES string of the molecule is CC=C1/C(=C\CC(C)CC(C)C)N[C@@H]2CCCN(C(=O)OC(C)(C)C)C[C@@H]12. The van der Waals surface area contributed by atoms with Crippen molar-refractivity contribution >= 4 is 6.09 Å². The highest BCUT2D eigenvalue weighted by molar-refractivity contribution is 5.68. The average Bonchev–Trinajstić information content (AvgIpc) is 2.71. The predicted octanol–water partition coefficient (Wildman–Crippen LogP) is 5.51. The number of allylic oxidation sites excluding steroid dienone is 3. The van der Waals surface area contributed by atoms with Gasteiger partial charge in [0.15, 0.2) is 0 Å². The highest BCUT2D eigenvalue weighted by atomic mass is 16.6. The molecule has 1 unspecified atom stereocenters. The second kappa shape index (κ2) is 9.16. The van der Waals surface area contributed by atoms with Gasteiger partial charge in [0.05, 0.1) is 0 Å². The third kappa shape index (κ3) is 6.29. The van der Waals surface area contributed by atoms with Gasteiger partial charge in [-0.3, -0.25) is 0 Å². The smallest absolute Gasteiger partial charge is 0.410 e. The number of rotatable bonds is 4. The quantitative estimate of drug-likeness (QED) is 0.703. The lowest BCUT2D eigenvalue weighted by molar-refractivity contribution is 0.0242. The molecule has 1 N–H and O–H groups in total. The zero-order valence-electron chi connectivity index (χ0n) is 18.5. The van der Waals surface area contributed by atoms with Crippen LogP contribution >= 0.6 is 0 Å². The van der Waals surface area contributed by atoms with Crippen LogP contribution in [0.5, 0.6) is 0 Å². The van der Waals surface area contributed by atoms with Crippen molar-refractivity contribution in [1.82, 2.24) is 10.2 Å². The molecule has 0 aromatic carbocycles. The van der Waals surface area contributed by atoms with E-state index in [-0.39, 0.29) is 6.09 Å². The van der Waals surface area contributed by atoms with E-state index in [0.29, 0.717) is 17.9 Å². The second-order valence-electron chi connectivity index (χ2n) is 9.76. The van der Waals surface area contributed by atoms with Crippen molar-refractivity contribution in [2.45, 2.75) is 85.8 Å². The maximum Gasteiger partial charge on any atom is 0.410 e. The first-order valence-electron chi connectivity index (χ1n) is 10.7. The average molecular weight is 377 g/mol. The molecule has 2 fully saturated rings. The van der Waals surface area contributed by atoms with E-state index in [4.69, 9.17) is 4.74 Å². The lowest BCUT2D eigenvalue weighted by Gasteiger charge is -2.28. The van der Waals surface area contributed by atoms with Crippen LogP contribution in [0.4, 0.5) is 4.79 Å². The Bertz CT molecular complexity index is 571. The van der Waals surface area contributed by atoms with Gasteiger partial charge in [0, 0.05) is 30.7 Å². The first kappa shape index (κ1) is 21.8. The van der Waals surface area contributed by atoms with Crippen molar-refractivity contribution in [2.75, 3.05) is 13.1 Å². The summed E-state index contributed by atoms with van der Waals surface area (Å²) in [5, 5.41) is 3.76. The summed E-state index contributed by atoms with van der Waals surface area (Å²) < 4.78 is 5.63. The number of nitrogens with one attached hydrogen (secondary N) is 1. The van der Waals surface area contributed by atoms with Crippen LogP contribution in [-0.4, -0.2) is 35.7 Å². The van der Waals surface area contributed by atoms with E-state index in [9.17, 15) is 4.79 Å². The van der Waals surface area contributed by atoms with E-state index in [0.717, 1.165) is 38.3 Å². The summed E-state index contributed by atoms with van der Waals surface area (Å²) >= 11 is 0. The minimum absolute atomic E-state index is 0.179.